The first-order valence-corrected chi connectivity index (χ1v) is 21.8. The van der Waals surface area contributed by atoms with Crippen molar-refractivity contribution in [3.63, 3.8) is 0 Å². The average molecular weight is 758 g/mol. The number of hydrogen-bond donors (Lipinski definition) is 2. The molecule has 1 heterocycles. The van der Waals surface area contributed by atoms with Crippen LogP contribution in [0.3, 0.4) is 0 Å². The highest BCUT2D eigenvalue weighted by Crippen LogP contribution is 2.78. The van der Waals surface area contributed by atoms with Crippen LogP contribution in [0.5, 0.6) is 0 Å². The number of nitrogens with zero attached hydrogens (tertiary/aromatic N) is 1. The Labute approximate surface area is 326 Å². The summed E-state index contributed by atoms with van der Waals surface area (Å²) < 4.78 is 13.0. The lowest BCUT2D eigenvalue weighted by Gasteiger charge is -2.71. The number of allylic oxidation sites excluding steroid dienone is 4. The Hall–Kier alpha value is -2.52. The first-order valence-electron chi connectivity index (χ1n) is 21.0. The minimum Gasteiger partial charge on any atom is -0.446 e. The Kier molecular flexibility index (Phi) is 9.83. The summed E-state index contributed by atoms with van der Waals surface area (Å²) in [7, 11) is 1.68. The quantitative estimate of drug-likeness (QED) is 0.142. The van der Waals surface area contributed by atoms with Gasteiger partial charge in [0.25, 0.3) is 0 Å². The van der Waals surface area contributed by atoms with Crippen LogP contribution in [0.2, 0.25) is 0 Å². The number of benzene rings is 1. The number of fused-ring (bicyclic) bond motifs is 2. The third-order valence-electron chi connectivity index (χ3n) is 16.3. The van der Waals surface area contributed by atoms with Gasteiger partial charge < -0.3 is 24.6 Å². The summed E-state index contributed by atoms with van der Waals surface area (Å²) in [4.78, 5) is 32.0. The van der Waals surface area contributed by atoms with E-state index in [-0.39, 0.29) is 47.2 Å². The molecule has 11 atom stereocenters. The van der Waals surface area contributed by atoms with E-state index in [0.717, 1.165) is 71.9 Å². The molecule has 0 radical (unpaired) electrons. The number of carbonyl (C=O) groups excluding carboxylic acids is 2. The zero-order valence-corrected chi connectivity index (χ0v) is 34.3. The molecule has 54 heavy (non-hydrogen) atoms. The van der Waals surface area contributed by atoms with Crippen molar-refractivity contribution >= 4 is 33.3 Å². The van der Waals surface area contributed by atoms with Gasteiger partial charge >= 0.3 is 6.09 Å². The van der Waals surface area contributed by atoms with Crippen LogP contribution in [0.25, 0.3) is 10.1 Å². The average Bonchev–Trinajstić information content (AvgIpc) is 3.69. The van der Waals surface area contributed by atoms with Gasteiger partial charge in [0, 0.05) is 46.8 Å². The molecule has 7 aliphatic rings. The molecule has 8 heteroatoms. The van der Waals surface area contributed by atoms with Crippen LogP contribution in [-0.2, 0) is 9.47 Å². The van der Waals surface area contributed by atoms with Gasteiger partial charge in [0.1, 0.15) is 6.10 Å². The summed E-state index contributed by atoms with van der Waals surface area (Å²) in [5.74, 6) is 1.59. The maximum Gasteiger partial charge on any atom is 0.410 e. The summed E-state index contributed by atoms with van der Waals surface area (Å²) >= 11 is 1.57. The normalized spacial score (nSPS) is 40.9. The van der Waals surface area contributed by atoms with E-state index in [9.17, 15) is 15.0 Å². The number of ketones is 1. The topological polar surface area (TPSA) is 96.3 Å². The predicted molar refractivity (Wildman–Crippen MR) is 214 cm³/mol. The van der Waals surface area contributed by atoms with Gasteiger partial charge in [-0.25, -0.2) is 4.79 Å². The van der Waals surface area contributed by atoms with E-state index in [1.165, 1.54) is 0 Å². The van der Waals surface area contributed by atoms with E-state index in [0.29, 0.717) is 50.2 Å². The second-order valence-corrected chi connectivity index (χ2v) is 20.4. The third-order valence-corrected chi connectivity index (χ3v) is 17.4. The zero-order valence-electron chi connectivity index (χ0n) is 33.4. The fourth-order valence-corrected chi connectivity index (χ4v) is 14.2. The van der Waals surface area contributed by atoms with Crippen LogP contribution in [0, 0.1) is 51.2 Å². The number of Topliss-reactive ketones (excluding diaryl/α,β-unsaturated/α-hetero) is 1. The molecular weight excluding hydrogens is 695 g/mol. The van der Waals surface area contributed by atoms with Crippen LogP contribution in [0.1, 0.15) is 115 Å². The summed E-state index contributed by atoms with van der Waals surface area (Å²) in [5.41, 5.74) is -1.87. The molecule has 0 saturated heterocycles. The van der Waals surface area contributed by atoms with Crippen molar-refractivity contribution < 1.29 is 29.3 Å². The van der Waals surface area contributed by atoms with Gasteiger partial charge in [-0.2, -0.15) is 0 Å². The fourth-order valence-electron chi connectivity index (χ4n) is 13.2. The Balaban J connectivity index is 1.15. The highest BCUT2D eigenvalue weighted by molar-refractivity contribution is 7.21. The van der Waals surface area contributed by atoms with Crippen LogP contribution < -0.4 is 0 Å². The van der Waals surface area contributed by atoms with Crippen LogP contribution in [0.4, 0.5) is 4.79 Å². The monoisotopic (exact) mass is 757 g/mol. The molecule has 4 saturated carbocycles. The predicted octanol–water partition coefficient (Wildman–Crippen LogP) is 9.61. The number of rotatable bonds is 10. The van der Waals surface area contributed by atoms with E-state index in [1.807, 2.05) is 12.1 Å². The van der Waals surface area contributed by atoms with Crippen LogP contribution in [-0.4, -0.2) is 71.6 Å². The largest absolute Gasteiger partial charge is 0.446 e. The van der Waals surface area contributed by atoms with Gasteiger partial charge in [0.05, 0.1) is 23.1 Å². The minimum absolute atomic E-state index is 0.0120. The zero-order chi connectivity index (χ0) is 38.3. The molecule has 1 amide bonds. The summed E-state index contributed by atoms with van der Waals surface area (Å²) in [6.07, 6.45) is 15.3. The number of aliphatic hydroxyl groups excluding tert-OH is 1. The van der Waals surface area contributed by atoms with E-state index < -0.39 is 22.5 Å². The first-order chi connectivity index (χ1) is 25.7. The molecule has 0 aliphatic heterocycles. The van der Waals surface area contributed by atoms with E-state index in [1.54, 1.807) is 23.3 Å². The van der Waals surface area contributed by atoms with E-state index in [2.05, 4.69) is 71.0 Å². The van der Waals surface area contributed by atoms with Gasteiger partial charge in [0.15, 0.2) is 5.78 Å². The van der Waals surface area contributed by atoms with Gasteiger partial charge in [-0.15, -0.1) is 11.3 Å². The van der Waals surface area contributed by atoms with Gasteiger partial charge in [-0.05, 0) is 117 Å². The van der Waals surface area contributed by atoms with Crippen molar-refractivity contribution in [2.45, 2.75) is 123 Å². The standard InChI is InChI=1S/C46H63NO6S/c1-29(2)33-13-12-30(3)24-35(33)53-41(50)47(22-9-23-52-6)28-45(51)19-16-39-43(45,5)18-15-38-42(4)17-14-32(48)26-44(42)20-21-46(38,39)34(27-44)40(49)37-25-31-10-7-8-11-36(31)54-37/h7-8,10-11,20-21,25,27,29-30,32-33,35,38-39,48,51H,9,12-19,22-24,26,28H2,1-6H3/t30-,32?,33+,35-,38+,39+,42+,43-,44-,45+,46+/m0/s1. The molecule has 2 bridgehead atoms. The number of thiophene rings is 1. The molecule has 1 unspecified atom stereocenters. The molecule has 1 aromatic carbocycles. The maximum absolute atomic E-state index is 15.1. The molecule has 2 N–H and O–H groups in total. The number of carbonyl (C=O) groups is 2. The Morgan fingerprint density at radius 1 is 1.00 bits per heavy atom. The molecule has 9 rings (SSSR count). The van der Waals surface area contributed by atoms with Crippen molar-refractivity contribution in [3.05, 3.63) is 59.0 Å². The van der Waals surface area contributed by atoms with Crippen molar-refractivity contribution in [3.8, 4) is 0 Å². The second kappa shape index (κ2) is 13.8. The molecule has 294 valence electrons. The smallest absolute Gasteiger partial charge is 0.410 e. The van der Waals surface area contributed by atoms with Gasteiger partial charge in [-0.1, -0.05) is 77.5 Å². The molecule has 7 nitrogen and oxygen atoms in total. The van der Waals surface area contributed by atoms with Crippen molar-refractivity contribution in [1.82, 2.24) is 4.90 Å². The van der Waals surface area contributed by atoms with Crippen LogP contribution >= 0.6 is 11.3 Å². The lowest BCUT2D eigenvalue weighted by molar-refractivity contribution is -0.175. The number of methoxy groups -OCH3 is 1. The van der Waals surface area contributed by atoms with Gasteiger partial charge in [-0.3, -0.25) is 4.79 Å². The number of ether oxygens (including phenoxy) is 2. The maximum atomic E-state index is 15.1. The molecule has 4 fully saturated rings. The lowest BCUT2D eigenvalue weighted by atomic mass is 9.32. The summed E-state index contributed by atoms with van der Waals surface area (Å²) in [6.45, 7) is 12.6. The molecular formula is C46H63NO6S. The summed E-state index contributed by atoms with van der Waals surface area (Å²) in [6, 6.07) is 10.3. The van der Waals surface area contributed by atoms with E-state index in [4.69, 9.17) is 9.47 Å². The van der Waals surface area contributed by atoms with E-state index >= 15 is 4.79 Å². The van der Waals surface area contributed by atoms with Crippen molar-refractivity contribution in [2.24, 2.45) is 51.2 Å². The Morgan fingerprint density at radius 3 is 2.50 bits per heavy atom. The highest BCUT2D eigenvalue weighted by atomic mass is 32.1. The Bertz CT molecular complexity index is 1800. The number of aliphatic hydroxyl groups is 2. The molecule has 1 aromatic heterocycles. The fraction of sp³-hybridized carbons (Fsp3) is 0.696. The highest BCUT2D eigenvalue weighted by Gasteiger charge is 2.74. The van der Waals surface area contributed by atoms with Gasteiger partial charge in [0.2, 0.25) is 0 Å². The molecule has 2 aromatic rings. The SMILES string of the molecule is COCCCN(C[C@]1(O)CC[C@H]2[C@]34C=C[C@@]5(C=C3C(=O)c3cc6ccccc6s3)CC(O)CC[C@]5(C)[C@H]4CC[C@@]21C)C(=O)O[C@H]1C[C@@H](C)CC[C@@H]1C(C)C. The second-order valence-electron chi connectivity index (χ2n) is 19.3. The molecule has 2 spiro atoms. The first kappa shape index (κ1) is 38.4. The third kappa shape index (κ3) is 5.73. The number of amides is 1. The van der Waals surface area contributed by atoms with Crippen molar-refractivity contribution in [1.29, 1.82) is 0 Å². The Morgan fingerprint density at radius 2 is 1.74 bits per heavy atom. The lowest BCUT2D eigenvalue weighted by Crippen LogP contribution is -2.67. The van der Waals surface area contributed by atoms with Crippen molar-refractivity contribution in [2.75, 3.05) is 26.8 Å². The molecule has 7 aliphatic carbocycles. The minimum atomic E-state index is -1.16. The number of hydrogen-bond acceptors (Lipinski definition) is 7. The summed E-state index contributed by atoms with van der Waals surface area (Å²) in [5, 5.41) is 25.3. The van der Waals surface area contributed by atoms with Crippen LogP contribution in [0.15, 0.2) is 54.1 Å².